The van der Waals surface area contributed by atoms with Crippen LogP contribution in [-0.2, 0) is 22.5 Å². The molecule has 0 atom stereocenters. The number of thiophene rings is 1. The summed E-state index contributed by atoms with van der Waals surface area (Å²) in [5, 5.41) is 9.84. The lowest BCUT2D eigenvalue weighted by Gasteiger charge is -2.26. The van der Waals surface area contributed by atoms with E-state index >= 15 is 0 Å². The zero-order valence-electron chi connectivity index (χ0n) is 22.2. The lowest BCUT2D eigenvalue weighted by molar-refractivity contribution is -0.153. The quantitative estimate of drug-likeness (QED) is 0.452. The highest BCUT2D eigenvalue weighted by atomic mass is 32.1. The summed E-state index contributed by atoms with van der Waals surface area (Å²) in [7, 11) is 1.81. The number of fused-ring (bicyclic) bond motifs is 2. The number of carbonyl (C=O) groups excluding carboxylic acids is 4. The number of anilines is 3. The minimum atomic E-state index is -0.640. The zero-order chi connectivity index (χ0) is 27.9. The number of hydrogen-bond acceptors (Lipinski definition) is 8. The van der Waals surface area contributed by atoms with Gasteiger partial charge in [-0.2, -0.15) is 5.10 Å². The van der Waals surface area contributed by atoms with Gasteiger partial charge in [0.1, 0.15) is 18.0 Å². The van der Waals surface area contributed by atoms with Crippen molar-refractivity contribution in [1.82, 2.24) is 20.0 Å². The highest BCUT2D eigenvalue weighted by Crippen LogP contribution is 2.34. The summed E-state index contributed by atoms with van der Waals surface area (Å²) in [5.41, 5.74) is 2.11. The first-order valence-corrected chi connectivity index (χ1v) is 13.5. The van der Waals surface area contributed by atoms with Crippen LogP contribution in [0.4, 0.5) is 17.3 Å². The van der Waals surface area contributed by atoms with Crippen molar-refractivity contribution in [2.75, 3.05) is 36.9 Å². The topological polar surface area (TPSA) is 126 Å². The highest BCUT2D eigenvalue weighted by Gasteiger charge is 2.27. The molecule has 0 radical (unpaired) electrons. The van der Waals surface area contributed by atoms with Crippen molar-refractivity contribution in [1.29, 1.82) is 0 Å². The summed E-state index contributed by atoms with van der Waals surface area (Å²) in [5.74, 6) is -0.0947. The van der Waals surface area contributed by atoms with Crippen molar-refractivity contribution < 1.29 is 23.9 Å². The number of amides is 3. The number of likely N-dealkylation sites (N-methyl/N-ethyl adjacent to an activating group) is 1. The third-order valence-corrected chi connectivity index (χ3v) is 7.46. The van der Waals surface area contributed by atoms with E-state index < -0.39 is 17.5 Å². The molecule has 5 rings (SSSR count). The van der Waals surface area contributed by atoms with E-state index in [9.17, 15) is 19.2 Å². The fourth-order valence-corrected chi connectivity index (χ4v) is 5.37. The Morgan fingerprint density at radius 3 is 2.51 bits per heavy atom. The Kier molecular flexibility index (Phi) is 6.89. The predicted molar refractivity (Wildman–Crippen MR) is 147 cm³/mol. The smallest absolute Gasteiger partial charge is 0.325 e. The maximum Gasteiger partial charge on any atom is 0.325 e. The molecule has 11 nitrogen and oxygen atoms in total. The highest BCUT2D eigenvalue weighted by molar-refractivity contribution is 7.16. The zero-order valence-corrected chi connectivity index (χ0v) is 23.1. The number of nitrogens with zero attached hydrogens (tertiary/aromatic N) is 4. The van der Waals surface area contributed by atoms with Crippen molar-refractivity contribution in [2.45, 2.75) is 39.3 Å². The molecule has 2 aliphatic rings. The largest absolute Gasteiger partial charge is 0.459 e. The molecule has 0 aliphatic carbocycles. The third-order valence-electron chi connectivity index (χ3n) is 6.37. The van der Waals surface area contributed by atoms with Crippen molar-refractivity contribution in [3.8, 4) is 0 Å². The Bertz CT molecular complexity index is 1470. The average Bonchev–Trinajstić information content (AvgIpc) is 3.60. The molecule has 2 N–H and O–H groups in total. The molecule has 2 aliphatic heterocycles. The van der Waals surface area contributed by atoms with Crippen LogP contribution in [0.25, 0.3) is 0 Å². The van der Waals surface area contributed by atoms with Gasteiger partial charge in [-0.05, 0) is 63.1 Å². The van der Waals surface area contributed by atoms with E-state index in [1.165, 1.54) is 6.07 Å². The Hall–Kier alpha value is -4.19. The van der Waals surface area contributed by atoms with Crippen LogP contribution in [0, 0.1) is 0 Å². The molecule has 204 valence electrons. The number of ether oxygens (including phenoxy) is 1. The first-order valence-electron chi connectivity index (χ1n) is 12.6. The number of esters is 1. The van der Waals surface area contributed by atoms with E-state index in [1.54, 1.807) is 31.7 Å². The number of rotatable bonds is 6. The van der Waals surface area contributed by atoms with Gasteiger partial charge in [-0.15, -0.1) is 11.3 Å². The monoisotopic (exact) mass is 550 g/mol. The summed E-state index contributed by atoms with van der Waals surface area (Å²) in [4.78, 5) is 54.0. The van der Waals surface area contributed by atoms with Gasteiger partial charge in [0.2, 0.25) is 0 Å². The average molecular weight is 551 g/mol. The Morgan fingerprint density at radius 2 is 1.77 bits per heavy atom. The van der Waals surface area contributed by atoms with Crippen LogP contribution in [0.15, 0.2) is 36.4 Å². The fourth-order valence-electron chi connectivity index (χ4n) is 4.56. The Balaban J connectivity index is 1.22. The minimum Gasteiger partial charge on any atom is -0.459 e. The molecule has 0 unspecified atom stereocenters. The Morgan fingerprint density at radius 1 is 1.03 bits per heavy atom. The molecule has 4 heterocycles. The van der Waals surface area contributed by atoms with Crippen molar-refractivity contribution in [3.63, 3.8) is 0 Å². The first-order chi connectivity index (χ1) is 18.5. The van der Waals surface area contributed by atoms with Crippen LogP contribution < -0.4 is 15.5 Å². The molecule has 1 aromatic carbocycles. The molecule has 3 amide bonds. The van der Waals surface area contributed by atoms with Crippen molar-refractivity contribution >= 4 is 52.4 Å². The maximum absolute atomic E-state index is 12.9. The van der Waals surface area contributed by atoms with E-state index in [0.717, 1.165) is 46.9 Å². The molecule has 0 bridgehead atoms. The lowest BCUT2D eigenvalue weighted by atomic mass is 9.98. The molecular weight excluding hydrogens is 520 g/mol. The SMILES string of the molecule is CN1CCc2cc(N3CCn4nc(NC(=O)c5ccc(C(=O)NCC(=O)OC(C)(C)C)s5)cc43)ccc2C1=O. The van der Waals surface area contributed by atoms with E-state index in [1.807, 2.05) is 29.9 Å². The molecule has 12 heteroatoms. The lowest BCUT2D eigenvalue weighted by Crippen LogP contribution is -2.34. The van der Waals surface area contributed by atoms with Crippen molar-refractivity contribution in [3.05, 3.63) is 57.3 Å². The molecule has 0 fully saturated rings. The second-order valence-electron chi connectivity index (χ2n) is 10.5. The van der Waals surface area contributed by atoms with Crippen LogP contribution in [-0.4, -0.2) is 70.7 Å². The summed E-state index contributed by atoms with van der Waals surface area (Å²) in [6.07, 6.45) is 0.807. The van der Waals surface area contributed by atoms with Crippen LogP contribution in [0.2, 0.25) is 0 Å². The molecular formula is C27H30N6O5S. The van der Waals surface area contributed by atoms with E-state index in [-0.39, 0.29) is 18.4 Å². The number of benzene rings is 1. The molecule has 3 aromatic rings. The van der Waals surface area contributed by atoms with Crippen molar-refractivity contribution in [2.24, 2.45) is 0 Å². The van der Waals surface area contributed by atoms with Gasteiger partial charge >= 0.3 is 5.97 Å². The second kappa shape index (κ2) is 10.2. The Labute approximate surface area is 229 Å². The van der Waals surface area contributed by atoms with E-state index in [2.05, 4.69) is 26.7 Å². The van der Waals surface area contributed by atoms with Gasteiger partial charge in [-0.1, -0.05) is 0 Å². The van der Waals surface area contributed by atoms with Crippen LogP contribution in [0.1, 0.15) is 56.0 Å². The fraction of sp³-hybridized carbons (Fsp3) is 0.370. The van der Waals surface area contributed by atoms with Crippen LogP contribution >= 0.6 is 11.3 Å². The van der Waals surface area contributed by atoms with Gasteiger partial charge in [0.05, 0.1) is 16.3 Å². The second-order valence-corrected chi connectivity index (χ2v) is 11.6. The van der Waals surface area contributed by atoms with Gasteiger partial charge in [-0.25, -0.2) is 4.68 Å². The normalized spacial score (nSPS) is 14.6. The molecule has 39 heavy (non-hydrogen) atoms. The summed E-state index contributed by atoms with van der Waals surface area (Å²) in [6, 6.07) is 10.8. The number of nitrogens with one attached hydrogen (secondary N) is 2. The maximum atomic E-state index is 12.9. The van der Waals surface area contributed by atoms with Gasteiger partial charge in [-0.3, -0.25) is 19.2 Å². The van der Waals surface area contributed by atoms with Gasteiger partial charge in [0.25, 0.3) is 17.7 Å². The van der Waals surface area contributed by atoms with Gasteiger partial charge < -0.3 is 25.2 Å². The number of aromatic nitrogens is 2. The third kappa shape index (κ3) is 5.65. The first kappa shape index (κ1) is 26.4. The van der Waals surface area contributed by atoms with E-state index in [0.29, 0.717) is 28.7 Å². The summed E-state index contributed by atoms with van der Waals surface area (Å²) >= 11 is 1.02. The molecule has 0 saturated heterocycles. The standard InChI is InChI=1S/C27H30N6O5S/c1-27(2,3)38-23(34)15-28-24(35)19-7-8-20(39-19)25(36)29-21-14-22-32(11-12-33(22)30-21)17-5-6-18-16(13-17)9-10-31(4)26(18)37/h5-8,13-14H,9-12,15H2,1-4H3,(H,28,35)(H,29,30,36). The number of carbonyl (C=O) groups is 4. The molecule has 2 aromatic heterocycles. The van der Waals surface area contributed by atoms with Crippen LogP contribution in [0.3, 0.4) is 0 Å². The van der Waals surface area contributed by atoms with Crippen LogP contribution in [0.5, 0.6) is 0 Å². The minimum absolute atomic E-state index is 0.0384. The van der Waals surface area contributed by atoms with Gasteiger partial charge in [0, 0.05) is 37.5 Å². The van der Waals surface area contributed by atoms with Gasteiger partial charge in [0.15, 0.2) is 5.82 Å². The summed E-state index contributed by atoms with van der Waals surface area (Å²) < 4.78 is 7.02. The molecule has 0 saturated carbocycles. The number of hydrogen-bond donors (Lipinski definition) is 2. The predicted octanol–water partition coefficient (Wildman–Crippen LogP) is 3.05. The summed E-state index contributed by atoms with van der Waals surface area (Å²) in [6.45, 7) is 7.07. The van der Waals surface area contributed by atoms with E-state index in [4.69, 9.17) is 4.74 Å². The molecule has 0 spiro atoms.